The number of hydrogen-bond donors (Lipinski definition) is 2. The van der Waals surface area contributed by atoms with Gasteiger partial charge in [0.2, 0.25) is 5.91 Å². The van der Waals surface area contributed by atoms with E-state index in [4.69, 9.17) is 5.73 Å². The molecule has 0 bridgehead atoms. The molecule has 0 aromatic heterocycles. The van der Waals surface area contributed by atoms with E-state index in [-0.39, 0.29) is 11.9 Å². The Hall–Kier alpha value is 0.130. The van der Waals surface area contributed by atoms with Gasteiger partial charge in [-0.2, -0.15) is 0 Å². The number of nitrogens with one attached hydrogen (secondary N) is 1. The van der Waals surface area contributed by atoms with Crippen molar-refractivity contribution in [2.75, 3.05) is 18.6 Å². The molecule has 0 radical (unpaired) electrons. The first-order valence-corrected chi connectivity index (χ1v) is 7.42. The molecule has 86 valence electrons. The van der Waals surface area contributed by atoms with E-state index in [9.17, 15) is 4.79 Å². The summed E-state index contributed by atoms with van der Waals surface area (Å²) in [6.45, 7) is 0. The highest BCUT2D eigenvalue weighted by Gasteiger charge is 2.48. The Balaban J connectivity index is 2.05. The van der Waals surface area contributed by atoms with Crippen LogP contribution in [0.5, 0.6) is 0 Å². The third kappa shape index (κ3) is 2.29. The van der Waals surface area contributed by atoms with Gasteiger partial charge in [-0.25, -0.2) is 0 Å². The molecular weight excluding hydrogens is 228 g/mol. The SMILES string of the molecule is CNC(=O)C1([C@@H](N)CC2CC2)SCCS1. The van der Waals surface area contributed by atoms with Gasteiger partial charge in [-0.05, 0) is 12.3 Å². The van der Waals surface area contributed by atoms with E-state index in [1.807, 2.05) is 0 Å². The second kappa shape index (κ2) is 4.55. The molecule has 2 aliphatic rings. The van der Waals surface area contributed by atoms with Crippen molar-refractivity contribution in [2.45, 2.75) is 29.4 Å². The van der Waals surface area contributed by atoms with E-state index in [0.29, 0.717) is 0 Å². The Labute approximate surface area is 99.3 Å². The number of carbonyl (C=O) groups is 1. The van der Waals surface area contributed by atoms with E-state index >= 15 is 0 Å². The van der Waals surface area contributed by atoms with Crippen LogP contribution in [-0.4, -0.2) is 34.6 Å². The van der Waals surface area contributed by atoms with Crippen LogP contribution >= 0.6 is 23.5 Å². The van der Waals surface area contributed by atoms with Gasteiger partial charge in [0.1, 0.15) is 0 Å². The quantitative estimate of drug-likeness (QED) is 0.778. The van der Waals surface area contributed by atoms with Gasteiger partial charge in [0.05, 0.1) is 0 Å². The maximum Gasteiger partial charge on any atom is 0.247 e. The summed E-state index contributed by atoms with van der Waals surface area (Å²) in [4.78, 5) is 11.9. The molecule has 1 amide bonds. The summed E-state index contributed by atoms with van der Waals surface area (Å²) in [6, 6.07) is 0.00227. The van der Waals surface area contributed by atoms with Crippen LogP contribution in [0.2, 0.25) is 0 Å². The highest BCUT2D eigenvalue weighted by atomic mass is 32.2. The largest absolute Gasteiger partial charge is 0.357 e. The van der Waals surface area contributed by atoms with Crippen LogP contribution in [0.1, 0.15) is 19.3 Å². The lowest BCUT2D eigenvalue weighted by molar-refractivity contribution is -0.121. The van der Waals surface area contributed by atoms with Gasteiger partial charge in [-0.1, -0.05) is 12.8 Å². The van der Waals surface area contributed by atoms with Crippen LogP contribution in [0.25, 0.3) is 0 Å². The molecule has 0 unspecified atom stereocenters. The summed E-state index contributed by atoms with van der Waals surface area (Å²) in [6.07, 6.45) is 3.60. The summed E-state index contributed by atoms with van der Waals surface area (Å²) in [5, 5.41) is 2.76. The first kappa shape index (κ1) is 11.6. The molecule has 1 aliphatic heterocycles. The smallest absolute Gasteiger partial charge is 0.247 e. The lowest BCUT2D eigenvalue weighted by Crippen LogP contribution is -2.52. The van der Waals surface area contributed by atoms with Crippen molar-refractivity contribution in [1.29, 1.82) is 0 Å². The number of thioether (sulfide) groups is 2. The van der Waals surface area contributed by atoms with E-state index in [0.717, 1.165) is 23.8 Å². The van der Waals surface area contributed by atoms with Crippen molar-refractivity contribution < 1.29 is 4.79 Å². The van der Waals surface area contributed by atoms with Gasteiger partial charge in [-0.15, -0.1) is 23.5 Å². The van der Waals surface area contributed by atoms with Gasteiger partial charge in [0, 0.05) is 24.6 Å². The molecule has 2 rings (SSSR count). The molecule has 3 nitrogen and oxygen atoms in total. The average Bonchev–Trinajstić information content (AvgIpc) is 2.91. The lowest BCUT2D eigenvalue weighted by atomic mass is 10.1. The van der Waals surface area contributed by atoms with E-state index < -0.39 is 4.08 Å². The van der Waals surface area contributed by atoms with Gasteiger partial charge >= 0.3 is 0 Å². The molecule has 2 fully saturated rings. The second-order valence-corrected chi connectivity index (χ2v) is 7.17. The summed E-state index contributed by atoms with van der Waals surface area (Å²) in [5.41, 5.74) is 6.23. The topological polar surface area (TPSA) is 55.1 Å². The number of nitrogens with two attached hydrogens (primary N) is 1. The third-order valence-electron chi connectivity index (χ3n) is 3.03. The lowest BCUT2D eigenvalue weighted by Gasteiger charge is -2.31. The number of carbonyl (C=O) groups excluding carboxylic acids is 1. The monoisotopic (exact) mass is 246 g/mol. The van der Waals surface area contributed by atoms with Gasteiger partial charge in [-0.3, -0.25) is 4.79 Å². The van der Waals surface area contributed by atoms with Gasteiger partial charge < -0.3 is 11.1 Å². The van der Waals surface area contributed by atoms with Gasteiger partial charge in [0.25, 0.3) is 0 Å². The van der Waals surface area contributed by atoms with Crippen molar-refractivity contribution in [3.8, 4) is 0 Å². The van der Waals surface area contributed by atoms with Crippen LogP contribution < -0.4 is 11.1 Å². The van der Waals surface area contributed by atoms with Crippen molar-refractivity contribution in [3.05, 3.63) is 0 Å². The standard InChI is InChI=1S/C10H18N2OS2/c1-12-9(13)10(14-4-5-15-10)8(11)6-7-2-3-7/h7-8H,2-6,11H2,1H3,(H,12,13)/t8-/m0/s1. The highest BCUT2D eigenvalue weighted by molar-refractivity contribution is 8.22. The highest BCUT2D eigenvalue weighted by Crippen LogP contribution is 2.49. The minimum Gasteiger partial charge on any atom is -0.357 e. The summed E-state index contributed by atoms with van der Waals surface area (Å²) < 4.78 is -0.405. The van der Waals surface area contributed by atoms with Gasteiger partial charge in [0.15, 0.2) is 4.08 Å². The zero-order chi connectivity index (χ0) is 10.9. The fourth-order valence-corrected chi connectivity index (χ4v) is 5.18. The molecule has 1 atom stereocenters. The van der Waals surface area contributed by atoms with Crippen LogP contribution in [-0.2, 0) is 4.79 Å². The average molecular weight is 246 g/mol. The minimum absolute atomic E-state index is 0.00227. The third-order valence-corrected chi connectivity index (χ3v) is 6.65. The molecule has 15 heavy (non-hydrogen) atoms. The Kier molecular flexibility index (Phi) is 3.52. The maximum absolute atomic E-state index is 11.9. The summed E-state index contributed by atoms with van der Waals surface area (Å²) >= 11 is 3.45. The molecule has 0 aromatic rings. The van der Waals surface area contributed by atoms with E-state index in [2.05, 4.69) is 5.32 Å². The van der Waals surface area contributed by atoms with E-state index in [1.54, 1.807) is 30.6 Å². The van der Waals surface area contributed by atoms with Crippen LogP contribution in [0.15, 0.2) is 0 Å². The van der Waals surface area contributed by atoms with Crippen LogP contribution in [0.3, 0.4) is 0 Å². The van der Waals surface area contributed by atoms with Crippen molar-refractivity contribution in [2.24, 2.45) is 11.7 Å². The molecule has 5 heteroatoms. The first-order valence-electron chi connectivity index (χ1n) is 5.44. The zero-order valence-corrected chi connectivity index (χ0v) is 10.6. The summed E-state index contributed by atoms with van der Waals surface area (Å²) in [5.74, 6) is 2.96. The van der Waals surface area contributed by atoms with E-state index in [1.165, 1.54) is 12.8 Å². The molecule has 1 aliphatic carbocycles. The van der Waals surface area contributed by atoms with Crippen LogP contribution in [0, 0.1) is 5.92 Å². The minimum atomic E-state index is -0.405. The van der Waals surface area contributed by atoms with Crippen LogP contribution in [0.4, 0.5) is 0 Å². The predicted octanol–water partition coefficient (Wildman–Crippen LogP) is 1.04. The molecule has 1 saturated carbocycles. The summed E-state index contributed by atoms with van der Waals surface area (Å²) in [7, 11) is 1.70. The predicted molar refractivity (Wildman–Crippen MR) is 67.0 cm³/mol. The maximum atomic E-state index is 11.9. The fourth-order valence-electron chi connectivity index (χ4n) is 1.98. The number of amides is 1. The number of rotatable bonds is 4. The molecule has 0 spiro atoms. The van der Waals surface area contributed by atoms with Crippen molar-refractivity contribution >= 4 is 29.4 Å². The second-order valence-electron chi connectivity index (χ2n) is 4.23. The Morgan fingerprint density at radius 3 is 2.60 bits per heavy atom. The molecule has 1 saturated heterocycles. The normalized spacial score (nSPS) is 26.3. The Bertz CT molecular complexity index is 250. The van der Waals surface area contributed by atoms with Crippen molar-refractivity contribution in [3.63, 3.8) is 0 Å². The first-order chi connectivity index (χ1) is 7.19. The molecule has 1 heterocycles. The Morgan fingerprint density at radius 2 is 2.13 bits per heavy atom. The Morgan fingerprint density at radius 1 is 1.53 bits per heavy atom. The van der Waals surface area contributed by atoms with Crippen molar-refractivity contribution in [1.82, 2.24) is 5.32 Å². The molecule has 0 aromatic carbocycles. The molecular formula is C10H18N2OS2. The zero-order valence-electron chi connectivity index (χ0n) is 8.99. The number of hydrogen-bond acceptors (Lipinski definition) is 4. The fraction of sp³-hybridized carbons (Fsp3) is 0.900. The molecule has 3 N–H and O–H groups in total.